The number of benzene rings is 1. The van der Waals surface area contributed by atoms with Crippen molar-refractivity contribution in [2.45, 2.75) is 13.0 Å². The van der Waals surface area contributed by atoms with Gasteiger partial charge in [0.25, 0.3) is 6.01 Å². The second-order valence-corrected chi connectivity index (χ2v) is 4.54. The topological polar surface area (TPSA) is 66.6 Å². The molecule has 1 aromatic carbocycles. The normalized spacial score (nSPS) is 12.2. The monoisotopic (exact) mass is 280 g/mol. The van der Waals surface area contributed by atoms with Crippen LogP contribution in [0.15, 0.2) is 34.9 Å². The van der Waals surface area contributed by atoms with Crippen molar-refractivity contribution in [3.8, 4) is 0 Å². The summed E-state index contributed by atoms with van der Waals surface area (Å²) < 4.78 is 5.16. The Morgan fingerprint density at radius 2 is 2.16 bits per heavy atom. The van der Waals surface area contributed by atoms with Crippen molar-refractivity contribution in [1.82, 2.24) is 4.98 Å². The summed E-state index contributed by atoms with van der Waals surface area (Å²) in [4.78, 5) is 16.4. The highest BCUT2D eigenvalue weighted by molar-refractivity contribution is 6.31. The molecule has 0 aliphatic carbocycles. The van der Waals surface area contributed by atoms with E-state index >= 15 is 0 Å². The van der Waals surface area contributed by atoms with Gasteiger partial charge in [0.2, 0.25) is 0 Å². The van der Waals surface area contributed by atoms with Crippen LogP contribution in [0, 0.1) is 0 Å². The van der Waals surface area contributed by atoms with Crippen LogP contribution in [0.1, 0.15) is 29.0 Å². The number of aromatic nitrogens is 1. The predicted molar refractivity (Wildman–Crippen MR) is 71.7 cm³/mol. The van der Waals surface area contributed by atoms with Crippen molar-refractivity contribution < 1.29 is 14.3 Å². The van der Waals surface area contributed by atoms with E-state index in [2.05, 4.69) is 4.98 Å². The number of rotatable bonds is 4. The molecule has 1 N–H and O–H groups in total. The first kappa shape index (κ1) is 13.4. The van der Waals surface area contributed by atoms with E-state index in [0.717, 1.165) is 11.8 Å². The summed E-state index contributed by atoms with van der Waals surface area (Å²) in [6.45, 7) is 1.94. The van der Waals surface area contributed by atoms with Gasteiger partial charge in [-0.2, -0.15) is 4.98 Å². The molecule has 1 heterocycles. The molecule has 1 aromatic heterocycles. The summed E-state index contributed by atoms with van der Waals surface area (Å²) in [7, 11) is 1.77. The minimum atomic E-state index is -1.12. The molecule has 1 atom stereocenters. The highest BCUT2D eigenvalue weighted by atomic mass is 35.5. The van der Waals surface area contributed by atoms with Gasteiger partial charge < -0.3 is 14.4 Å². The number of oxazole rings is 1. The zero-order chi connectivity index (χ0) is 14.0. The SMILES string of the molecule is CC(c1ccccc1Cl)N(C)c1nc(C(=O)O)co1. The molecule has 0 saturated heterocycles. The molecule has 0 fully saturated rings. The lowest BCUT2D eigenvalue weighted by molar-refractivity contribution is 0.0690. The molecule has 2 aromatic rings. The van der Waals surface area contributed by atoms with Gasteiger partial charge in [-0.1, -0.05) is 29.8 Å². The fourth-order valence-electron chi connectivity index (χ4n) is 1.71. The lowest BCUT2D eigenvalue weighted by Crippen LogP contribution is -2.22. The summed E-state index contributed by atoms with van der Waals surface area (Å²) in [5.41, 5.74) is 0.801. The average Bonchev–Trinajstić information content (AvgIpc) is 2.87. The molecule has 19 heavy (non-hydrogen) atoms. The molecule has 100 valence electrons. The maximum atomic E-state index is 10.8. The Morgan fingerprint density at radius 1 is 1.47 bits per heavy atom. The molecule has 0 radical (unpaired) electrons. The van der Waals surface area contributed by atoms with E-state index in [1.807, 2.05) is 25.1 Å². The number of carbonyl (C=O) groups is 1. The zero-order valence-electron chi connectivity index (χ0n) is 10.5. The van der Waals surface area contributed by atoms with Gasteiger partial charge in [-0.15, -0.1) is 0 Å². The maximum absolute atomic E-state index is 10.8. The first-order valence-electron chi connectivity index (χ1n) is 5.66. The molecule has 0 saturated carbocycles. The van der Waals surface area contributed by atoms with E-state index in [9.17, 15) is 4.79 Å². The van der Waals surface area contributed by atoms with E-state index < -0.39 is 5.97 Å². The molecule has 0 bridgehead atoms. The third kappa shape index (κ3) is 2.71. The molecule has 0 aliphatic heterocycles. The van der Waals surface area contributed by atoms with Gasteiger partial charge in [0.15, 0.2) is 5.69 Å². The molecule has 1 unspecified atom stereocenters. The Labute approximate surface area is 115 Å². The number of nitrogens with zero attached hydrogens (tertiary/aromatic N) is 2. The number of hydrogen-bond acceptors (Lipinski definition) is 4. The van der Waals surface area contributed by atoms with Crippen LogP contribution < -0.4 is 4.90 Å². The number of hydrogen-bond donors (Lipinski definition) is 1. The van der Waals surface area contributed by atoms with E-state index in [1.165, 1.54) is 0 Å². The summed E-state index contributed by atoms with van der Waals surface area (Å²) in [5, 5.41) is 9.46. The lowest BCUT2D eigenvalue weighted by atomic mass is 10.1. The fourth-order valence-corrected chi connectivity index (χ4v) is 2.01. The van der Waals surface area contributed by atoms with Crippen molar-refractivity contribution in [3.63, 3.8) is 0 Å². The summed E-state index contributed by atoms with van der Waals surface area (Å²) in [5.74, 6) is -1.12. The number of anilines is 1. The second-order valence-electron chi connectivity index (χ2n) is 4.13. The molecule has 0 aliphatic rings. The third-order valence-electron chi connectivity index (χ3n) is 2.95. The van der Waals surface area contributed by atoms with Crippen LogP contribution >= 0.6 is 11.6 Å². The lowest BCUT2D eigenvalue weighted by Gasteiger charge is -2.24. The Hall–Kier alpha value is -2.01. The number of halogens is 1. The Kier molecular flexibility index (Phi) is 3.76. The van der Waals surface area contributed by atoms with Crippen molar-refractivity contribution in [3.05, 3.63) is 46.8 Å². The van der Waals surface area contributed by atoms with Crippen LogP contribution in [0.25, 0.3) is 0 Å². The summed E-state index contributed by atoms with van der Waals surface area (Å²) in [6.07, 6.45) is 1.12. The molecule has 6 heteroatoms. The van der Waals surface area contributed by atoms with Crippen LogP contribution in [-0.4, -0.2) is 23.1 Å². The van der Waals surface area contributed by atoms with Gasteiger partial charge in [0.1, 0.15) is 6.26 Å². The fraction of sp³-hybridized carbons (Fsp3) is 0.231. The van der Waals surface area contributed by atoms with E-state index in [-0.39, 0.29) is 17.8 Å². The first-order chi connectivity index (χ1) is 9.00. The number of carboxylic acid groups (broad SMARTS) is 1. The van der Waals surface area contributed by atoms with Gasteiger partial charge in [-0.3, -0.25) is 0 Å². The third-order valence-corrected chi connectivity index (χ3v) is 3.29. The Morgan fingerprint density at radius 3 is 2.74 bits per heavy atom. The van der Waals surface area contributed by atoms with Crippen molar-refractivity contribution >= 4 is 23.6 Å². The van der Waals surface area contributed by atoms with Gasteiger partial charge in [0.05, 0.1) is 6.04 Å². The van der Waals surface area contributed by atoms with Crippen molar-refractivity contribution in [1.29, 1.82) is 0 Å². The van der Waals surface area contributed by atoms with Gasteiger partial charge in [-0.05, 0) is 18.6 Å². The maximum Gasteiger partial charge on any atom is 0.357 e. The molecule has 0 amide bonds. The number of aromatic carboxylic acids is 1. The summed E-state index contributed by atoms with van der Waals surface area (Å²) >= 11 is 6.13. The van der Waals surface area contributed by atoms with E-state index in [0.29, 0.717) is 5.02 Å². The van der Waals surface area contributed by atoms with Gasteiger partial charge in [0, 0.05) is 12.1 Å². The Bertz CT molecular complexity index is 597. The van der Waals surface area contributed by atoms with E-state index in [4.69, 9.17) is 21.1 Å². The standard InChI is InChI=1S/C13H13ClN2O3/c1-8(9-5-3-4-6-10(9)14)16(2)13-15-11(7-19-13)12(17)18/h3-8H,1-2H3,(H,17,18). The Balaban J connectivity index is 2.25. The van der Waals surface area contributed by atoms with Crippen molar-refractivity contribution in [2.75, 3.05) is 11.9 Å². The molecule has 5 nitrogen and oxygen atoms in total. The molecule has 0 spiro atoms. The average molecular weight is 281 g/mol. The minimum Gasteiger partial charge on any atom is -0.476 e. The van der Waals surface area contributed by atoms with Crippen LogP contribution in [0.4, 0.5) is 6.01 Å². The zero-order valence-corrected chi connectivity index (χ0v) is 11.3. The molecule has 2 rings (SSSR count). The highest BCUT2D eigenvalue weighted by Gasteiger charge is 2.20. The predicted octanol–water partition coefficient (Wildman–Crippen LogP) is 3.22. The molecular weight excluding hydrogens is 268 g/mol. The first-order valence-corrected chi connectivity index (χ1v) is 6.04. The van der Waals surface area contributed by atoms with Crippen molar-refractivity contribution in [2.24, 2.45) is 0 Å². The highest BCUT2D eigenvalue weighted by Crippen LogP contribution is 2.29. The number of carboxylic acids is 1. The summed E-state index contributed by atoms with van der Waals surface area (Å²) in [6, 6.07) is 7.61. The molecular formula is C13H13ClN2O3. The largest absolute Gasteiger partial charge is 0.476 e. The minimum absolute atomic E-state index is 0.0889. The van der Waals surface area contributed by atoms with Crippen LogP contribution in [0.5, 0.6) is 0 Å². The van der Waals surface area contributed by atoms with Gasteiger partial charge in [-0.25, -0.2) is 4.79 Å². The van der Waals surface area contributed by atoms with Crippen LogP contribution in [0.3, 0.4) is 0 Å². The van der Waals surface area contributed by atoms with Crippen LogP contribution in [0.2, 0.25) is 5.02 Å². The van der Waals surface area contributed by atoms with Gasteiger partial charge >= 0.3 is 5.97 Å². The second kappa shape index (κ2) is 5.32. The quantitative estimate of drug-likeness (QED) is 0.931. The van der Waals surface area contributed by atoms with E-state index in [1.54, 1.807) is 18.0 Å². The smallest absolute Gasteiger partial charge is 0.357 e. The van der Waals surface area contributed by atoms with Crippen LogP contribution in [-0.2, 0) is 0 Å².